The van der Waals surface area contributed by atoms with Gasteiger partial charge in [-0.2, -0.15) is 13.2 Å². The van der Waals surface area contributed by atoms with Crippen molar-refractivity contribution in [2.45, 2.75) is 32.5 Å². The number of benzene rings is 2. The number of anilines is 1. The average molecular weight is 524 g/mol. The molecule has 2 aromatic carbocycles. The number of halogens is 3. The molecule has 7 nitrogen and oxygen atoms in total. The van der Waals surface area contributed by atoms with Crippen molar-refractivity contribution in [1.82, 2.24) is 19.9 Å². The van der Waals surface area contributed by atoms with E-state index in [2.05, 4.69) is 19.9 Å². The Morgan fingerprint density at radius 1 is 0.895 bits per heavy atom. The number of nitrogens with zero attached hydrogens (tertiary/aromatic N) is 4. The van der Waals surface area contributed by atoms with Crippen molar-refractivity contribution >= 4 is 22.9 Å². The fourth-order valence-corrected chi connectivity index (χ4v) is 4.33. The summed E-state index contributed by atoms with van der Waals surface area (Å²) in [5.41, 5.74) is 2.25. The lowest BCUT2D eigenvalue weighted by Gasteiger charge is -2.36. The van der Waals surface area contributed by atoms with Gasteiger partial charge in [0.15, 0.2) is 0 Å². The van der Waals surface area contributed by atoms with Crippen molar-refractivity contribution in [2.24, 2.45) is 0 Å². The summed E-state index contributed by atoms with van der Waals surface area (Å²) >= 11 is 0. The second kappa shape index (κ2) is 9.66. The number of pyridine rings is 1. The number of ether oxygens (including phenoxy) is 1. The van der Waals surface area contributed by atoms with E-state index in [1.165, 1.54) is 6.07 Å². The van der Waals surface area contributed by atoms with Gasteiger partial charge < -0.3 is 19.5 Å². The maximum absolute atomic E-state index is 13.0. The van der Waals surface area contributed by atoms with E-state index in [-0.39, 0.29) is 6.09 Å². The molecule has 0 unspecified atom stereocenters. The Morgan fingerprint density at radius 3 is 2.16 bits per heavy atom. The van der Waals surface area contributed by atoms with Gasteiger partial charge in [0.05, 0.1) is 16.6 Å². The lowest BCUT2D eigenvalue weighted by atomic mass is 10.1. The van der Waals surface area contributed by atoms with Crippen molar-refractivity contribution in [2.75, 3.05) is 31.1 Å². The Balaban J connectivity index is 1.24. The van der Waals surface area contributed by atoms with Crippen LogP contribution in [0.15, 0.2) is 60.8 Å². The van der Waals surface area contributed by atoms with E-state index < -0.39 is 17.3 Å². The van der Waals surface area contributed by atoms with E-state index >= 15 is 0 Å². The quantitative estimate of drug-likeness (QED) is 0.338. The molecule has 0 spiro atoms. The molecule has 0 saturated carbocycles. The molecule has 0 bridgehead atoms. The van der Waals surface area contributed by atoms with Crippen LogP contribution in [0.1, 0.15) is 26.3 Å². The van der Waals surface area contributed by atoms with Crippen molar-refractivity contribution in [3.63, 3.8) is 0 Å². The Labute approximate surface area is 218 Å². The van der Waals surface area contributed by atoms with Gasteiger partial charge in [0.25, 0.3) is 0 Å². The molecule has 10 heteroatoms. The molecular weight excluding hydrogens is 495 g/mol. The van der Waals surface area contributed by atoms with E-state index in [1.54, 1.807) is 4.90 Å². The number of amides is 1. The highest BCUT2D eigenvalue weighted by Crippen LogP contribution is 2.32. The summed E-state index contributed by atoms with van der Waals surface area (Å²) in [6.45, 7) is 8.04. The molecule has 38 heavy (non-hydrogen) atoms. The molecule has 1 N–H and O–H groups in total. The number of carbonyl (C=O) groups is 1. The zero-order chi connectivity index (χ0) is 27.1. The minimum Gasteiger partial charge on any atom is -0.444 e. The monoisotopic (exact) mass is 523 g/mol. The first-order valence-electron chi connectivity index (χ1n) is 12.3. The maximum atomic E-state index is 13.0. The smallest absolute Gasteiger partial charge is 0.416 e. The van der Waals surface area contributed by atoms with Crippen molar-refractivity contribution in [3.05, 3.63) is 66.4 Å². The highest BCUT2D eigenvalue weighted by Gasteiger charge is 2.31. The van der Waals surface area contributed by atoms with Gasteiger partial charge >= 0.3 is 12.3 Å². The number of alkyl halides is 3. The number of aromatic amines is 1. The van der Waals surface area contributed by atoms with Crippen LogP contribution in [-0.2, 0) is 10.9 Å². The Kier molecular flexibility index (Phi) is 6.50. The largest absolute Gasteiger partial charge is 0.444 e. The van der Waals surface area contributed by atoms with Gasteiger partial charge in [-0.25, -0.2) is 14.8 Å². The number of carbonyl (C=O) groups excluding carboxylic acids is 1. The molecule has 0 atom stereocenters. The van der Waals surface area contributed by atoms with Gasteiger partial charge in [0, 0.05) is 43.5 Å². The summed E-state index contributed by atoms with van der Waals surface area (Å²) in [7, 11) is 0. The van der Waals surface area contributed by atoms with Gasteiger partial charge in [-0.15, -0.1) is 0 Å². The van der Waals surface area contributed by atoms with Crippen molar-refractivity contribution < 1.29 is 22.7 Å². The SMILES string of the molecule is CC(C)(C)OC(=O)N1CCN(c2ccc(-c3ccc(-c4nc5ccc(C(F)(F)F)cc5[nH]4)cc3)cn2)CC1. The van der Waals surface area contributed by atoms with Crippen LogP contribution in [0.3, 0.4) is 0 Å². The molecular formula is C28H28F3N5O2. The zero-order valence-corrected chi connectivity index (χ0v) is 21.3. The Hall–Kier alpha value is -4.08. The predicted molar refractivity (Wildman–Crippen MR) is 140 cm³/mol. The van der Waals surface area contributed by atoms with Crippen LogP contribution in [0.2, 0.25) is 0 Å². The number of piperazine rings is 1. The van der Waals surface area contributed by atoms with E-state index in [0.29, 0.717) is 43.0 Å². The molecule has 1 aliphatic heterocycles. The van der Waals surface area contributed by atoms with Crippen LogP contribution in [0.25, 0.3) is 33.5 Å². The van der Waals surface area contributed by atoms with Crippen LogP contribution in [0.5, 0.6) is 0 Å². The number of hydrogen-bond donors (Lipinski definition) is 1. The summed E-state index contributed by atoms with van der Waals surface area (Å²) < 4.78 is 44.5. The van der Waals surface area contributed by atoms with E-state index in [1.807, 2.05) is 63.4 Å². The number of hydrogen-bond acceptors (Lipinski definition) is 5. The normalized spacial score (nSPS) is 14.7. The molecule has 198 valence electrons. The molecule has 0 radical (unpaired) electrons. The molecule has 1 fully saturated rings. The van der Waals surface area contributed by atoms with Crippen LogP contribution in [0, 0.1) is 0 Å². The number of aromatic nitrogens is 3. The number of fused-ring (bicyclic) bond motifs is 1. The highest BCUT2D eigenvalue weighted by molar-refractivity contribution is 5.80. The molecule has 0 aliphatic carbocycles. The van der Waals surface area contributed by atoms with Gasteiger partial charge in [-0.3, -0.25) is 0 Å². The molecule has 1 amide bonds. The van der Waals surface area contributed by atoms with Crippen molar-refractivity contribution in [1.29, 1.82) is 0 Å². The number of H-pyrrole nitrogens is 1. The van der Waals surface area contributed by atoms with Gasteiger partial charge in [0.1, 0.15) is 17.2 Å². The number of nitrogens with one attached hydrogen (secondary N) is 1. The Bertz CT molecular complexity index is 1430. The molecule has 1 saturated heterocycles. The highest BCUT2D eigenvalue weighted by atomic mass is 19.4. The van der Waals surface area contributed by atoms with Crippen LogP contribution in [0.4, 0.5) is 23.8 Å². The third kappa shape index (κ3) is 5.58. The Morgan fingerprint density at radius 2 is 1.55 bits per heavy atom. The average Bonchev–Trinajstić information content (AvgIpc) is 3.31. The van der Waals surface area contributed by atoms with E-state index in [4.69, 9.17) is 4.74 Å². The molecule has 1 aliphatic rings. The van der Waals surface area contributed by atoms with Crippen molar-refractivity contribution in [3.8, 4) is 22.5 Å². The summed E-state index contributed by atoms with van der Waals surface area (Å²) in [5.74, 6) is 1.35. The maximum Gasteiger partial charge on any atom is 0.416 e. The standard InChI is InChI=1S/C28H28F3N5O2/c1-27(2,3)38-26(37)36-14-12-35(13-15-36)24-11-8-20(17-32-24)18-4-6-19(7-5-18)25-33-22-10-9-21(28(29,30)31)16-23(22)34-25/h4-11,16-17H,12-15H2,1-3H3,(H,33,34). The lowest BCUT2D eigenvalue weighted by Crippen LogP contribution is -2.50. The van der Waals surface area contributed by atoms with Crippen LogP contribution >= 0.6 is 0 Å². The second-order valence-electron chi connectivity index (χ2n) is 10.3. The lowest BCUT2D eigenvalue weighted by molar-refractivity contribution is -0.137. The first-order valence-corrected chi connectivity index (χ1v) is 12.3. The van der Waals surface area contributed by atoms with Gasteiger partial charge in [0.2, 0.25) is 0 Å². The third-order valence-electron chi connectivity index (χ3n) is 6.30. The minimum absolute atomic E-state index is 0.294. The fraction of sp³-hybridized carbons (Fsp3) is 0.321. The van der Waals surface area contributed by atoms with Crippen LogP contribution < -0.4 is 4.90 Å². The first-order chi connectivity index (χ1) is 18.0. The molecule has 5 rings (SSSR count). The van der Waals surface area contributed by atoms with Crippen LogP contribution in [-0.4, -0.2) is 57.7 Å². The molecule has 3 heterocycles. The van der Waals surface area contributed by atoms with E-state index in [9.17, 15) is 18.0 Å². The summed E-state index contributed by atoms with van der Waals surface area (Å²) in [6, 6.07) is 15.1. The zero-order valence-electron chi connectivity index (χ0n) is 21.3. The molecule has 2 aromatic heterocycles. The van der Waals surface area contributed by atoms with Gasteiger partial charge in [-0.1, -0.05) is 24.3 Å². The minimum atomic E-state index is -4.40. The fourth-order valence-electron chi connectivity index (χ4n) is 4.33. The number of imidazole rings is 1. The summed E-state index contributed by atoms with van der Waals surface area (Å²) in [4.78, 5) is 28.2. The van der Waals surface area contributed by atoms with E-state index in [0.717, 1.165) is 34.6 Å². The second-order valence-corrected chi connectivity index (χ2v) is 10.3. The van der Waals surface area contributed by atoms with Gasteiger partial charge in [-0.05, 0) is 56.7 Å². The predicted octanol–water partition coefficient (Wildman–Crippen LogP) is 6.37. The summed E-state index contributed by atoms with van der Waals surface area (Å²) in [5, 5.41) is 0. The number of rotatable bonds is 3. The molecule has 4 aromatic rings. The first kappa shape index (κ1) is 25.6. The third-order valence-corrected chi connectivity index (χ3v) is 6.30. The summed E-state index contributed by atoms with van der Waals surface area (Å²) in [6.07, 6.45) is -2.89. The topological polar surface area (TPSA) is 74.3 Å².